The Kier molecular flexibility index (Phi) is 3.30. The third-order valence-electron chi connectivity index (χ3n) is 3.30. The first kappa shape index (κ1) is 11.6. The zero-order valence-corrected chi connectivity index (χ0v) is 10.3. The van der Waals surface area contributed by atoms with Crippen molar-refractivity contribution in [2.24, 2.45) is 0 Å². The van der Waals surface area contributed by atoms with Gasteiger partial charge in [0.05, 0.1) is 17.9 Å². The van der Waals surface area contributed by atoms with E-state index in [1.807, 2.05) is 13.8 Å². The van der Waals surface area contributed by atoms with E-state index in [0.717, 1.165) is 36.5 Å². The maximum Gasteiger partial charge on any atom is 0.139 e. The van der Waals surface area contributed by atoms with Gasteiger partial charge in [-0.15, -0.1) is 0 Å². The highest BCUT2D eigenvalue weighted by atomic mass is 16.5. The van der Waals surface area contributed by atoms with Gasteiger partial charge < -0.3 is 14.6 Å². The normalized spacial score (nSPS) is 25.9. The number of nitrogens with one attached hydrogen (secondary N) is 1. The lowest BCUT2D eigenvalue weighted by Crippen LogP contribution is -2.45. The van der Waals surface area contributed by atoms with E-state index in [2.05, 4.69) is 17.4 Å². The second-order valence-electron chi connectivity index (χ2n) is 4.82. The van der Waals surface area contributed by atoms with Crippen LogP contribution in [-0.4, -0.2) is 23.8 Å². The van der Waals surface area contributed by atoms with Crippen LogP contribution in [0.5, 0.6) is 0 Å². The molecule has 4 heteroatoms. The molecule has 90 valence electrons. The number of hydrogen-bond donors (Lipinski definition) is 1. The predicted molar refractivity (Wildman–Crippen MR) is 61.3 cm³/mol. The Morgan fingerprint density at radius 1 is 1.50 bits per heavy atom. The van der Waals surface area contributed by atoms with Crippen molar-refractivity contribution in [3.63, 3.8) is 0 Å². The zero-order chi connectivity index (χ0) is 11.6. The lowest BCUT2D eigenvalue weighted by molar-refractivity contribution is -0.0576. The maximum absolute atomic E-state index is 6.01. The summed E-state index contributed by atoms with van der Waals surface area (Å²) in [6.07, 6.45) is 2.29. The molecule has 1 saturated heterocycles. The van der Waals surface area contributed by atoms with Gasteiger partial charge in [-0.2, -0.15) is 0 Å². The van der Waals surface area contributed by atoms with E-state index in [1.54, 1.807) is 0 Å². The van der Waals surface area contributed by atoms with Crippen molar-refractivity contribution in [2.45, 2.75) is 45.8 Å². The standard InChI is InChI=1S/C12H20N2O2/c1-9-11(10(2)16-14-9)7-15-12(3)5-4-6-13-8-12/h13H,4-8H2,1-3H3. The predicted octanol–water partition coefficient (Wildman–Crippen LogP) is 1.95. The van der Waals surface area contributed by atoms with Gasteiger partial charge in [-0.1, -0.05) is 5.16 Å². The van der Waals surface area contributed by atoms with Crippen molar-refractivity contribution < 1.29 is 9.26 Å². The topological polar surface area (TPSA) is 47.3 Å². The van der Waals surface area contributed by atoms with Crippen molar-refractivity contribution in [2.75, 3.05) is 13.1 Å². The average Bonchev–Trinajstić information content (AvgIpc) is 2.57. The molecule has 1 aliphatic heterocycles. The molecule has 2 heterocycles. The molecule has 1 aliphatic rings. The molecule has 0 radical (unpaired) electrons. The first-order valence-corrected chi connectivity index (χ1v) is 5.87. The third kappa shape index (κ3) is 2.44. The molecule has 1 aromatic rings. The lowest BCUT2D eigenvalue weighted by Gasteiger charge is -2.34. The summed E-state index contributed by atoms with van der Waals surface area (Å²) < 4.78 is 11.1. The quantitative estimate of drug-likeness (QED) is 0.852. The largest absolute Gasteiger partial charge is 0.369 e. The van der Waals surface area contributed by atoms with Crippen LogP contribution in [0.1, 0.15) is 36.8 Å². The number of ether oxygens (including phenoxy) is 1. The number of rotatable bonds is 3. The molecular weight excluding hydrogens is 204 g/mol. The van der Waals surface area contributed by atoms with E-state index in [0.29, 0.717) is 6.61 Å². The van der Waals surface area contributed by atoms with Gasteiger partial charge in [0.1, 0.15) is 5.76 Å². The molecule has 1 unspecified atom stereocenters. The van der Waals surface area contributed by atoms with E-state index < -0.39 is 0 Å². The summed E-state index contributed by atoms with van der Waals surface area (Å²) in [5, 5.41) is 7.30. The lowest BCUT2D eigenvalue weighted by atomic mass is 9.96. The van der Waals surface area contributed by atoms with Crippen LogP contribution >= 0.6 is 0 Å². The minimum atomic E-state index is -0.0472. The van der Waals surface area contributed by atoms with E-state index in [1.165, 1.54) is 6.42 Å². The van der Waals surface area contributed by atoms with Crippen LogP contribution in [0.2, 0.25) is 0 Å². The van der Waals surface area contributed by atoms with Gasteiger partial charge in [0, 0.05) is 12.1 Å². The summed E-state index contributed by atoms with van der Waals surface area (Å²) in [5.41, 5.74) is 1.98. The van der Waals surface area contributed by atoms with Crippen LogP contribution < -0.4 is 5.32 Å². The number of aryl methyl sites for hydroxylation is 2. The molecule has 1 N–H and O–H groups in total. The van der Waals surface area contributed by atoms with Crippen LogP contribution in [0.4, 0.5) is 0 Å². The van der Waals surface area contributed by atoms with Crippen molar-refractivity contribution in [3.05, 3.63) is 17.0 Å². The highest BCUT2D eigenvalue weighted by Crippen LogP contribution is 2.23. The van der Waals surface area contributed by atoms with Crippen LogP contribution in [0.25, 0.3) is 0 Å². The fourth-order valence-corrected chi connectivity index (χ4v) is 2.11. The van der Waals surface area contributed by atoms with Crippen molar-refractivity contribution >= 4 is 0 Å². The van der Waals surface area contributed by atoms with E-state index in [4.69, 9.17) is 9.26 Å². The van der Waals surface area contributed by atoms with Gasteiger partial charge in [0.15, 0.2) is 0 Å². The summed E-state index contributed by atoms with van der Waals surface area (Å²) >= 11 is 0. The molecule has 0 saturated carbocycles. The zero-order valence-electron chi connectivity index (χ0n) is 10.3. The second-order valence-corrected chi connectivity index (χ2v) is 4.82. The van der Waals surface area contributed by atoms with E-state index in [9.17, 15) is 0 Å². The monoisotopic (exact) mass is 224 g/mol. The number of piperidine rings is 1. The molecule has 0 amide bonds. The molecule has 0 bridgehead atoms. The molecule has 4 nitrogen and oxygen atoms in total. The minimum absolute atomic E-state index is 0.0472. The van der Waals surface area contributed by atoms with E-state index in [-0.39, 0.29) is 5.60 Å². The highest BCUT2D eigenvalue weighted by molar-refractivity contribution is 5.19. The summed E-state index contributed by atoms with van der Waals surface area (Å²) in [6.45, 7) is 8.67. The van der Waals surface area contributed by atoms with Crippen LogP contribution in [-0.2, 0) is 11.3 Å². The minimum Gasteiger partial charge on any atom is -0.369 e. The molecule has 0 aliphatic carbocycles. The highest BCUT2D eigenvalue weighted by Gasteiger charge is 2.28. The fraction of sp³-hybridized carbons (Fsp3) is 0.750. The fourth-order valence-electron chi connectivity index (χ4n) is 2.11. The van der Waals surface area contributed by atoms with Crippen molar-refractivity contribution in [3.8, 4) is 0 Å². The molecule has 2 rings (SSSR count). The van der Waals surface area contributed by atoms with Crippen molar-refractivity contribution in [1.29, 1.82) is 0 Å². The molecule has 16 heavy (non-hydrogen) atoms. The molecule has 0 spiro atoms. The number of aromatic nitrogens is 1. The molecular formula is C12H20N2O2. The van der Waals surface area contributed by atoms with Gasteiger partial charge >= 0.3 is 0 Å². The van der Waals surface area contributed by atoms with Gasteiger partial charge in [-0.3, -0.25) is 0 Å². The maximum atomic E-state index is 6.01. The van der Waals surface area contributed by atoms with Gasteiger partial charge in [0.25, 0.3) is 0 Å². The van der Waals surface area contributed by atoms with Crippen LogP contribution in [0.3, 0.4) is 0 Å². The summed E-state index contributed by atoms with van der Waals surface area (Å²) in [7, 11) is 0. The summed E-state index contributed by atoms with van der Waals surface area (Å²) in [4.78, 5) is 0. The Morgan fingerprint density at radius 2 is 2.31 bits per heavy atom. The van der Waals surface area contributed by atoms with Gasteiger partial charge in [-0.05, 0) is 40.2 Å². The molecule has 1 atom stereocenters. The summed E-state index contributed by atoms with van der Waals surface area (Å²) in [6, 6.07) is 0. The SMILES string of the molecule is Cc1noc(C)c1COC1(C)CCCNC1. The summed E-state index contributed by atoms with van der Waals surface area (Å²) in [5.74, 6) is 0.866. The smallest absolute Gasteiger partial charge is 0.139 e. The molecule has 0 aromatic carbocycles. The van der Waals surface area contributed by atoms with Gasteiger partial charge in [-0.25, -0.2) is 0 Å². The molecule has 1 aromatic heterocycles. The van der Waals surface area contributed by atoms with Crippen LogP contribution in [0.15, 0.2) is 4.52 Å². The first-order chi connectivity index (χ1) is 7.61. The Hall–Kier alpha value is -0.870. The van der Waals surface area contributed by atoms with Crippen LogP contribution in [0, 0.1) is 13.8 Å². The van der Waals surface area contributed by atoms with Gasteiger partial charge in [0.2, 0.25) is 0 Å². The second kappa shape index (κ2) is 4.55. The third-order valence-corrected chi connectivity index (χ3v) is 3.30. The number of nitrogens with zero attached hydrogens (tertiary/aromatic N) is 1. The average molecular weight is 224 g/mol. The Balaban J connectivity index is 1.96. The first-order valence-electron chi connectivity index (χ1n) is 5.87. The van der Waals surface area contributed by atoms with E-state index >= 15 is 0 Å². The van der Waals surface area contributed by atoms with Crippen molar-refractivity contribution in [1.82, 2.24) is 10.5 Å². The number of hydrogen-bond acceptors (Lipinski definition) is 4. The molecule has 1 fully saturated rings. The Morgan fingerprint density at radius 3 is 2.88 bits per heavy atom. The Labute approximate surface area is 96.3 Å². The Bertz CT molecular complexity index is 334.